The molecular weight excluding hydrogens is 279 g/mol. The molecule has 21 heavy (non-hydrogen) atoms. The van der Waals surface area contributed by atoms with Crippen LogP contribution in [0.4, 0.5) is 13.2 Å². The summed E-state index contributed by atoms with van der Waals surface area (Å²) in [5, 5.41) is 0. The summed E-state index contributed by atoms with van der Waals surface area (Å²) in [4.78, 5) is 4.80. The van der Waals surface area contributed by atoms with Crippen molar-refractivity contribution >= 4 is 0 Å². The van der Waals surface area contributed by atoms with E-state index < -0.39 is 12.1 Å². The van der Waals surface area contributed by atoms with E-state index in [1.165, 1.54) is 0 Å². The summed E-state index contributed by atoms with van der Waals surface area (Å²) in [6, 6.07) is 0. The second-order valence-electron chi connectivity index (χ2n) is 6.57. The summed E-state index contributed by atoms with van der Waals surface area (Å²) in [5.41, 5.74) is 5.79. The molecule has 1 saturated carbocycles. The number of halogens is 3. The van der Waals surface area contributed by atoms with Gasteiger partial charge >= 0.3 is 6.18 Å². The lowest BCUT2D eigenvalue weighted by molar-refractivity contribution is -0.189. The summed E-state index contributed by atoms with van der Waals surface area (Å²) in [6.07, 6.45) is -1.26. The zero-order valence-corrected chi connectivity index (χ0v) is 13.0. The quantitative estimate of drug-likeness (QED) is 0.866. The monoisotopic (exact) mass is 307 g/mol. The Bertz CT molecular complexity index is 317. The Balaban J connectivity index is 1.92. The minimum Gasteiger partial charge on any atom is -0.329 e. The van der Waals surface area contributed by atoms with E-state index in [-0.39, 0.29) is 18.4 Å². The van der Waals surface area contributed by atoms with Gasteiger partial charge in [0.15, 0.2) is 0 Å². The Hall–Kier alpha value is -0.330. The van der Waals surface area contributed by atoms with E-state index in [1.807, 2.05) is 0 Å². The summed E-state index contributed by atoms with van der Waals surface area (Å²) in [6.45, 7) is 7.66. The first-order valence-corrected chi connectivity index (χ1v) is 8.15. The maximum atomic E-state index is 12.8. The van der Waals surface area contributed by atoms with E-state index in [9.17, 15) is 13.2 Å². The van der Waals surface area contributed by atoms with Crippen LogP contribution in [-0.2, 0) is 0 Å². The van der Waals surface area contributed by atoms with Gasteiger partial charge in [0.05, 0.1) is 5.92 Å². The van der Waals surface area contributed by atoms with Gasteiger partial charge in [-0.3, -0.25) is 4.90 Å². The number of alkyl halides is 3. The molecule has 2 aliphatic rings. The Kier molecular flexibility index (Phi) is 5.54. The highest BCUT2D eigenvalue weighted by molar-refractivity contribution is 4.98. The average Bonchev–Trinajstić information content (AvgIpc) is 2.47. The molecule has 0 amide bonds. The molecule has 1 aliphatic carbocycles. The van der Waals surface area contributed by atoms with E-state index >= 15 is 0 Å². The molecule has 2 N–H and O–H groups in total. The zero-order chi connectivity index (χ0) is 15.5. The maximum absolute atomic E-state index is 12.8. The number of rotatable bonds is 4. The lowest BCUT2D eigenvalue weighted by Crippen LogP contribution is -2.61. The van der Waals surface area contributed by atoms with Gasteiger partial charge in [0.1, 0.15) is 0 Å². The lowest BCUT2D eigenvalue weighted by Gasteiger charge is -2.50. The van der Waals surface area contributed by atoms with Crippen LogP contribution in [0.3, 0.4) is 0 Å². The molecule has 0 aromatic carbocycles. The molecule has 0 radical (unpaired) electrons. The van der Waals surface area contributed by atoms with Crippen LogP contribution in [0.2, 0.25) is 0 Å². The van der Waals surface area contributed by atoms with Gasteiger partial charge in [0.2, 0.25) is 0 Å². The molecule has 0 aromatic rings. The molecule has 2 fully saturated rings. The first-order valence-electron chi connectivity index (χ1n) is 8.15. The van der Waals surface area contributed by atoms with Crippen molar-refractivity contribution in [1.29, 1.82) is 0 Å². The molecule has 0 atom stereocenters. The van der Waals surface area contributed by atoms with Crippen LogP contribution in [0.1, 0.15) is 39.0 Å². The summed E-state index contributed by atoms with van der Waals surface area (Å²) >= 11 is 0. The Morgan fingerprint density at radius 3 is 2.10 bits per heavy atom. The highest BCUT2D eigenvalue weighted by atomic mass is 19.4. The highest BCUT2D eigenvalue weighted by Gasteiger charge is 2.47. The van der Waals surface area contributed by atoms with Gasteiger partial charge in [-0.2, -0.15) is 13.2 Å². The third kappa shape index (κ3) is 3.90. The van der Waals surface area contributed by atoms with Crippen LogP contribution in [0.15, 0.2) is 0 Å². The van der Waals surface area contributed by atoms with Crippen molar-refractivity contribution in [2.45, 2.75) is 50.7 Å². The van der Waals surface area contributed by atoms with Gasteiger partial charge in [-0.15, -0.1) is 0 Å². The average molecular weight is 307 g/mol. The molecule has 1 heterocycles. The predicted molar refractivity (Wildman–Crippen MR) is 78.1 cm³/mol. The Morgan fingerprint density at radius 1 is 1.10 bits per heavy atom. The largest absolute Gasteiger partial charge is 0.391 e. The summed E-state index contributed by atoms with van der Waals surface area (Å²) in [7, 11) is 0. The molecule has 0 bridgehead atoms. The summed E-state index contributed by atoms with van der Waals surface area (Å²) < 4.78 is 38.5. The van der Waals surface area contributed by atoms with Crippen molar-refractivity contribution in [2.24, 2.45) is 11.7 Å². The SMILES string of the molecule is CCCN1CCN(C2(CN)CCC(C(F)(F)F)CC2)CC1. The van der Waals surface area contributed by atoms with Crippen molar-refractivity contribution in [2.75, 3.05) is 39.3 Å². The number of hydrogen-bond acceptors (Lipinski definition) is 3. The van der Waals surface area contributed by atoms with Gasteiger partial charge in [0, 0.05) is 38.3 Å². The fourth-order valence-electron chi connectivity index (χ4n) is 3.89. The highest BCUT2D eigenvalue weighted by Crippen LogP contribution is 2.43. The van der Waals surface area contributed by atoms with Gasteiger partial charge in [-0.25, -0.2) is 0 Å². The van der Waals surface area contributed by atoms with E-state index in [2.05, 4.69) is 16.7 Å². The normalized spacial score (nSPS) is 33.3. The van der Waals surface area contributed by atoms with Crippen molar-refractivity contribution < 1.29 is 13.2 Å². The molecule has 1 saturated heterocycles. The molecule has 0 unspecified atom stereocenters. The van der Waals surface area contributed by atoms with Crippen LogP contribution >= 0.6 is 0 Å². The van der Waals surface area contributed by atoms with Crippen LogP contribution < -0.4 is 5.73 Å². The second-order valence-corrected chi connectivity index (χ2v) is 6.57. The number of nitrogens with two attached hydrogens (primary N) is 1. The zero-order valence-electron chi connectivity index (χ0n) is 13.0. The standard InChI is InChI=1S/C15H28F3N3/c1-2-7-20-8-10-21(11-9-20)14(12-19)5-3-13(4-6-14)15(16,17)18/h13H,2-12,19H2,1H3. The predicted octanol–water partition coefficient (Wildman–Crippen LogP) is 2.46. The van der Waals surface area contributed by atoms with Crippen molar-refractivity contribution in [3.8, 4) is 0 Å². The topological polar surface area (TPSA) is 32.5 Å². The van der Waals surface area contributed by atoms with Crippen molar-refractivity contribution in [1.82, 2.24) is 9.80 Å². The van der Waals surface area contributed by atoms with Gasteiger partial charge in [-0.1, -0.05) is 6.92 Å². The van der Waals surface area contributed by atoms with Crippen LogP contribution in [0.5, 0.6) is 0 Å². The van der Waals surface area contributed by atoms with E-state index in [1.54, 1.807) is 0 Å². The molecule has 0 aromatic heterocycles. The van der Waals surface area contributed by atoms with Gasteiger partial charge in [-0.05, 0) is 38.6 Å². The van der Waals surface area contributed by atoms with E-state index in [0.29, 0.717) is 19.4 Å². The number of piperazine rings is 1. The minimum absolute atomic E-state index is 0.194. The van der Waals surface area contributed by atoms with Crippen LogP contribution in [0.25, 0.3) is 0 Å². The van der Waals surface area contributed by atoms with E-state index in [4.69, 9.17) is 5.73 Å². The molecule has 0 spiro atoms. The maximum Gasteiger partial charge on any atom is 0.391 e. The second kappa shape index (κ2) is 6.84. The lowest BCUT2D eigenvalue weighted by atomic mass is 9.75. The smallest absolute Gasteiger partial charge is 0.329 e. The fourth-order valence-corrected chi connectivity index (χ4v) is 3.89. The Labute approximate surface area is 125 Å². The number of hydrogen-bond donors (Lipinski definition) is 1. The van der Waals surface area contributed by atoms with Gasteiger partial charge < -0.3 is 10.6 Å². The van der Waals surface area contributed by atoms with Gasteiger partial charge in [0.25, 0.3) is 0 Å². The van der Waals surface area contributed by atoms with Crippen LogP contribution in [-0.4, -0.2) is 60.8 Å². The number of nitrogens with zero attached hydrogens (tertiary/aromatic N) is 2. The molecule has 2 rings (SSSR count). The summed E-state index contributed by atoms with van der Waals surface area (Å²) in [5.74, 6) is -1.13. The fraction of sp³-hybridized carbons (Fsp3) is 1.00. The van der Waals surface area contributed by atoms with E-state index in [0.717, 1.165) is 39.1 Å². The van der Waals surface area contributed by atoms with Crippen molar-refractivity contribution in [3.63, 3.8) is 0 Å². The molecule has 3 nitrogen and oxygen atoms in total. The molecule has 1 aliphatic heterocycles. The molecule has 124 valence electrons. The van der Waals surface area contributed by atoms with Crippen LogP contribution in [0, 0.1) is 5.92 Å². The molecule has 6 heteroatoms. The third-order valence-corrected chi connectivity index (χ3v) is 5.34. The first kappa shape index (κ1) is 17.0. The third-order valence-electron chi connectivity index (χ3n) is 5.34. The Morgan fingerprint density at radius 2 is 1.67 bits per heavy atom. The first-order chi connectivity index (χ1) is 9.91. The minimum atomic E-state index is -4.04. The van der Waals surface area contributed by atoms with Crippen molar-refractivity contribution in [3.05, 3.63) is 0 Å². The molecular formula is C15H28F3N3.